The molecule has 0 aliphatic carbocycles. The van der Waals surface area contributed by atoms with Crippen LogP contribution in [-0.2, 0) is 0 Å². The van der Waals surface area contributed by atoms with Crippen molar-refractivity contribution < 1.29 is 14.2 Å². The van der Waals surface area contributed by atoms with E-state index in [0.717, 1.165) is 28.5 Å². The molecule has 0 saturated carbocycles. The maximum absolute atomic E-state index is 5.35. The molecule has 18 heavy (non-hydrogen) atoms. The van der Waals surface area contributed by atoms with E-state index < -0.39 is 0 Å². The zero-order valence-electron chi connectivity index (χ0n) is 10.1. The van der Waals surface area contributed by atoms with Crippen molar-refractivity contribution in [2.45, 2.75) is 6.92 Å². The van der Waals surface area contributed by atoms with E-state index in [2.05, 4.69) is 9.97 Å². The maximum Gasteiger partial charge on any atom is 0.316 e. The van der Waals surface area contributed by atoms with Gasteiger partial charge < -0.3 is 14.2 Å². The molecule has 0 fully saturated rings. The lowest BCUT2D eigenvalue weighted by Gasteiger charge is -2.05. The van der Waals surface area contributed by atoms with Crippen LogP contribution in [0.25, 0.3) is 11.3 Å². The van der Waals surface area contributed by atoms with Crippen LogP contribution >= 0.6 is 0 Å². The zero-order valence-corrected chi connectivity index (χ0v) is 10.1. The Balaban J connectivity index is 2.06. The number of nitrogens with zero attached hydrogens (tertiary/aromatic N) is 2. The van der Waals surface area contributed by atoms with Crippen LogP contribution in [0.2, 0.25) is 0 Å². The lowest BCUT2D eigenvalue weighted by atomic mass is 10.1. The second-order valence-corrected chi connectivity index (χ2v) is 3.95. The molecule has 0 N–H and O–H groups in total. The van der Waals surface area contributed by atoms with Crippen LogP contribution in [0.15, 0.2) is 24.3 Å². The number of hydrogen-bond donors (Lipinski definition) is 0. The molecule has 0 unspecified atom stereocenters. The highest BCUT2D eigenvalue weighted by molar-refractivity contribution is 5.64. The van der Waals surface area contributed by atoms with E-state index >= 15 is 0 Å². The van der Waals surface area contributed by atoms with E-state index in [1.165, 1.54) is 0 Å². The summed E-state index contributed by atoms with van der Waals surface area (Å²) in [4.78, 5) is 8.48. The van der Waals surface area contributed by atoms with Crippen LogP contribution < -0.4 is 14.2 Å². The SMILES string of the molecule is COc1nc(C)cc(-c2ccc3c(c2)OCO3)n1. The van der Waals surface area contributed by atoms with Crippen LogP contribution in [0.3, 0.4) is 0 Å². The van der Waals surface area contributed by atoms with Crippen molar-refractivity contribution in [2.24, 2.45) is 0 Å². The molecule has 0 bridgehead atoms. The minimum atomic E-state index is 0.269. The fourth-order valence-electron chi connectivity index (χ4n) is 1.84. The van der Waals surface area contributed by atoms with Gasteiger partial charge >= 0.3 is 6.01 Å². The number of aryl methyl sites for hydroxylation is 1. The highest BCUT2D eigenvalue weighted by Gasteiger charge is 2.15. The number of methoxy groups -OCH3 is 1. The standard InChI is InChI=1S/C13H12N2O3/c1-8-5-10(15-13(14-8)16-2)9-3-4-11-12(6-9)18-7-17-11/h3-6H,7H2,1-2H3. The zero-order chi connectivity index (χ0) is 12.5. The van der Waals surface area contributed by atoms with Crippen LogP contribution in [-0.4, -0.2) is 23.9 Å². The summed E-state index contributed by atoms with van der Waals surface area (Å²) in [6, 6.07) is 7.99. The van der Waals surface area contributed by atoms with Gasteiger partial charge in [-0.05, 0) is 31.2 Å². The van der Waals surface area contributed by atoms with Gasteiger partial charge in [0.1, 0.15) is 0 Å². The van der Waals surface area contributed by atoms with Crippen molar-refractivity contribution in [3.63, 3.8) is 0 Å². The normalized spacial score (nSPS) is 12.6. The second-order valence-electron chi connectivity index (χ2n) is 3.95. The van der Waals surface area contributed by atoms with Crippen molar-refractivity contribution in [3.8, 4) is 28.8 Å². The summed E-state index contributed by atoms with van der Waals surface area (Å²) >= 11 is 0. The Morgan fingerprint density at radius 1 is 1.11 bits per heavy atom. The monoisotopic (exact) mass is 244 g/mol. The smallest absolute Gasteiger partial charge is 0.316 e. The van der Waals surface area contributed by atoms with E-state index in [9.17, 15) is 0 Å². The summed E-state index contributed by atoms with van der Waals surface area (Å²) in [6.45, 7) is 2.17. The van der Waals surface area contributed by atoms with E-state index in [-0.39, 0.29) is 6.79 Å². The molecule has 0 spiro atoms. The van der Waals surface area contributed by atoms with E-state index in [0.29, 0.717) is 6.01 Å². The number of aromatic nitrogens is 2. The molecule has 1 aliphatic rings. The predicted molar refractivity (Wildman–Crippen MR) is 64.9 cm³/mol. The van der Waals surface area contributed by atoms with Gasteiger partial charge in [0.2, 0.25) is 6.79 Å². The van der Waals surface area contributed by atoms with Gasteiger partial charge in [0.25, 0.3) is 0 Å². The van der Waals surface area contributed by atoms with Crippen LogP contribution in [0, 0.1) is 6.92 Å². The molecular weight excluding hydrogens is 232 g/mol. The lowest BCUT2D eigenvalue weighted by molar-refractivity contribution is 0.174. The fraction of sp³-hybridized carbons (Fsp3) is 0.231. The number of hydrogen-bond acceptors (Lipinski definition) is 5. The number of fused-ring (bicyclic) bond motifs is 1. The molecule has 1 aliphatic heterocycles. The van der Waals surface area contributed by atoms with Gasteiger partial charge in [-0.15, -0.1) is 0 Å². The molecule has 0 radical (unpaired) electrons. The average molecular weight is 244 g/mol. The molecule has 0 amide bonds. The fourth-order valence-corrected chi connectivity index (χ4v) is 1.84. The summed E-state index contributed by atoms with van der Waals surface area (Å²) in [5.41, 5.74) is 2.61. The van der Waals surface area contributed by atoms with Crippen LogP contribution in [0.1, 0.15) is 5.69 Å². The Bertz CT molecular complexity index is 599. The minimum absolute atomic E-state index is 0.269. The third kappa shape index (κ3) is 1.84. The molecule has 0 atom stereocenters. The lowest BCUT2D eigenvalue weighted by Crippen LogP contribution is -1.96. The van der Waals surface area contributed by atoms with E-state index in [1.54, 1.807) is 7.11 Å². The Labute approximate surface area is 104 Å². The van der Waals surface area contributed by atoms with Crippen molar-refractivity contribution in [2.75, 3.05) is 13.9 Å². The molecule has 5 nitrogen and oxygen atoms in total. The molecule has 2 heterocycles. The van der Waals surface area contributed by atoms with Gasteiger partial charge in [0.15, 0.2) is 11.5 Å². The topological polar surface area (TPSA) is 53.5 Å². The summed E-state index contributed by atoms with van der Waals surface area (Å²) in [6.07, 6.45) is 0. The van der Waals surface area contributed by atoms with Gasteiger partial charge in [0, 0.05) is 11.3 Å². The molecule has 92 valence electrons. The molecular formula is C13H12N2O3. The van der Waals surface area contributed by atoms with Crippen molar-refractivity contribution in [1.29, 1.82) is 0 Å². The molecule has 1 aromatic heterocycles. The van der Waals surface area contributed by atoms with Gasteiger partial charge in [-0.3, -0.25) is 0 Å². The highest BCUT2D eigenvalue weighted by atomic mass is 16.7. The number of rotatable bonds is 2. The Morgan fingerprint density at radius 2 is 1.94 bits per heavy atom. The first-order valence-electron chi connectivity index (χ1n) is 5.56. The molecule has 0 saturated heterocycles. The van der Waals surface area contributed by atoms with Crippen LogP contribution in [0.4, 0.5) is 0 Å². The first-order chi connectivity index (χ1) is 8.76. The Hall–Kier alpha value is -2.30. The molecule has 3 rings (SSSR count). The minimum Gasteiger partial charge on any atom is -0.467 e. The van der Waals surface area contributed by atoms with Crippen molar-refractivity contribution >= 4 is 0 Å². The largest absolute Gasteiger partial charge is 0.467 e. The molecule has 5 heteroatoms. The summed E-state index contributed by atoms with van der Waals surface area (Å²) in [5, 5.41) is 0. The van der Waals surface area contributed by atoms with E-state index in [1.807, 2.05) is 31.2 Å². The van der Waals surface area contributed by atoms with Gasteiger partial charge in [-0.1, -0.05) is 0 Å². The summed E-state index contributed by atoms with van der Waals surface area (Å²) in [5.74, 6) is 1.50. The number of benzene rings is 1. The third-order valence-electron chi connectivity index (χ3n) is 2.68. The Morgan fingerprint density at radius 3 is 2.78 bits per heavy atom. The van der Waals surface area contributed by atoms with Crippen molar-refractivity contribution in [1.82, 2.24) is 9.97 Å². The summed E-state index contributed by atoms with van der Waals surface area (Å²) in [7, 11) is 1.55. The van der Waals surface area contributed by atoms with Gasteiger partial charge in [-0.25, -0.2) is 4.98 Å². The highest BCUT2D eigenvalue weighted by Crippen LogP contribution is 2.35. The first kappa shape index (κ1) is 10.8. The third-order valence-corrected chi connectivity index (χ3v) is 2.68. The Kier molecular flexibility index (Phi) is 2.51. The molecule has 2 aromatic rings. The molecule has 1 aromatic carbocycles. The summed E-state index contributed by atoms with van der Waals surface area (Å²) < 4.78 is 15.7. The van der Waals surface area contributed by atoms with Gasteiger partial charge in [-0.2, -0.15) is 4.98 Å². The second kappa shape index (κ2) is 4.18. The van der Waals surface area contributed by atoms with E-state index in [4.69, 9.17) is 14.2 Å². The average Bonchev–Trinajstić information content (AvgIpc) is 2.85. The maximum atomic E-state index is 5.35. The number of ether oxygens (including phenoxy) is 3. The quantitative estimate of drug-likeness (QED) is 0.810. The predicted octanol–water partition coefficient (Wildman–Crippen LogP) is 2.19. The first-order valence-corrected chi connectivity index (χ1v) is 5.56. The van der Waals surface area contributed by atoms with Crippen LogP contribution in [0.5, 0.6) is 17.5 Å². The van der Waals surface area contributed by atoms with Gasteiger partial charge in [0.05, 0.1) is 12.8 Å². The van der Waals surface area contributed by atoms with Crippen molar-refractivity contribution in [3.05, 3.63) is 30.0 Å².